The van der Waals surface area contributed by atoms with Gasteiger partial charge in [0.1, 0.15) is 0 Å². The van der Waals surface area contributed by atoms with E-state index in [-0.39, 0.29) is 0 Å². The number of rotatable bonds is 3. The van der Waals surface area contributed by atoms with Gasteiger partial charge in [-0.1, -0.05) is 48.5 Å². The van der Waals surface area contributed by atoms with E-state index in [0.717, 1.165) is 12.8 Å². The summed E-state index contributed by atoms with van der Waals surface area (Å²) in [5.74, 6) is 0. The second kappa shape index (κ2) is 7.37. The average molecular weight is 507 g/mol. The van der Waals surface area contributed by atoms with E-state index in [1.807, 2.05) is 45.3 Å². The molecule has 0 atom stereocenters. The summed E-state index contributed by atoms with van der Waals surface area (Å²) in [7, 11) is 0. The topological polar surface area (TPSA) is 0 Å². The molecule has 34 heavy (non-hydrogen) atoms. The van der Waals surface area contributed by atoms with Crippen molar-refractivity contribution in [2.75, 3.05) is 0 Å². The highest BCUT2D eigenvalue weighted by Crippen LogP contribution is 2.50. The van der Waals surface area contributed by atoms with E-state index in [9.17, 15) is 0 Å². The summed E-state index contributed by atoms with van der Waals surface area (Å²) in [4.78, 5) is 11.2. The van der Waals surface area contributed by atoms with Gasteiger partial charge < -0.3 is 0 Å². The minimum absolute atomic E-state index is 1.07. The molecular formula is C30H18S4. The zero-order valence-corrected chi connectivity index (χ0v) is 21.4. The first-order chi connectivity index (χ1) is 16.8. The molecule has 6 aromatic rings. The summed E-state index contributed by atoms with van der Waals surface area (Å²) in [6.07, 6.45) is 2.15. The molecule has 0 bridgehead atoms. The first-order valence-corrected chi connectivity index (χ1v) is 14.7. The van der Waals surface area contributed by atoms with Gasteiger partial charge in [0.2, 0.25) is 0 Å². The predicted octanol–water partition coefficient (Wildman–Crippen LogP) is 10.1. The molecule has 0 fully saturated rings. The molecule has 0 amide bonds. The fourth-order valence-corrected chi connectivity index (χ4v) is 9.97. The summed E-state index contributed by atoms with van der Waals surface area (Å²) < 4.78 is 0. The molecule has 0 saturated carbocycles. The molecule has 0 unspecified atom stereocenters. The largest absolute Gasteiger partial charge is 0.134 e. The lowest BCUT2D eigenvalue weighted by atomic mass is 10.1. The highest BCUT2D eigenvalue weighted by Gasteiger charge is 2.23. The van der Waals surface area contributed by atoms with Gasteiger partial charge >= 0.3 is 0 Å². The maximum atomic E-state index is 2.42. The predicted molar refractivity (Wildman–Crippen MR) is 151 cm³/mol. The summed E-state index contributed by atoms with van der Waals surface area (Å²) in [5, 5.41) is 0. The lowest BCUT2D eigenvalue weighted by Crippen LogP contribution is -1.78. The molecule has 162 valence electrons. The highest BCUT2D eigenvalue weighted by atomic mass is 32.1. The molecule has 4 heterocycles. The quantitative estimate of drug-likeness (QED) is 0.224. The Morgan fingerprint density at radius 3 is 1.26 bits per heavy atom. The normalized spacial score (nSPS) is 13.1. The van der Waals surface area contributed by atoms with Crippen LogP contribution in [0.4, 0.5) is 0 Å². The van der Waals surface area contributed by atoms with Crippen LogP contribution in [0.15, 0.2) is 84.9 Å². The van der Waals surface area contributed by atoms with E-state index in [0.29, 0.717) is 0 Å². The first-order valence-electron chi connectivity index (χ1n) is 11.4. The highest BCUT2D eigenvalue weighted by molar-refractivity contribution is 7.29. The minimum atomic E-state index is 1.07. The van der Waals surface area contributed by atoms with Crippen LogP contribution in [0, 0.1) is 0 Å². The van der Waals surface area contributed by atoms with Gasteiger partial charge in [0.05, 0.1) is 0 Å². The SMILES string of the molecule is c1ccc2c(c1)Cc1cc(-c3ccc(-c4ccc(-c5cc6c(s5)-c5ccccc5C6)s4)s3)sc1-2. The van der Waals surface area contributed by atoms with E-state index in [2.05, 4.69) is 84.9 Å². The van der Waals surface area contributed by atoms with Crippen LogP contribution in [0.3, 0.4) is 0 Å². The van der Waals surface area contributed by atoms with Crippen molar-refractivity contribution < 1.29 is 0 Å². The van der Waals surface area contributed by atoms with Crippen molar-refractivity contribution in [2.24, 2.45) is 0 Å². The molecule has 8 rings (SSSR count). The van der Waals surface area contributed by atoms with E-state index in [1.165, 1.54) is 72.4 Å². The first kappa shape index (κ1) is 19.5. The van der Waals surface area contributed by atoms with Gasteiger partial charge in [-0.15, -0.1) is 45.3 Å². The van der Waals surface area contributed by atoms with E-state index in [1.54, 1.807) is 0 Å². The molecule has 4 aromatic heterocycles. The molecule has 0 spiro atoms. The van der Waals surface area contributed by atoms with Crippen molar-refractivity contribution in [3.8, 4) is 50.1 Å². The Kier molecular flexibility index (Phi) is 4.23. The molecule has 4 heteroatoms. The molecule has 2 aromatic carbocycles. The van der Waals surface area contributed by atoms with Gasteiger partial charge in [-0.2, -0.15) is 0 Å². The Hall–Kier alpha value is -2.76. The third-order valence-corrected chi connectivity index (χ3v) is 12.0. The van der Waals surface area contributed by atoms with Crippen molar-refractivity contribution >= 4 is 45.3 Å². The molecule has 2 aliphatic carbocycles. The van der Waals surface area contributed by atoms with Crippen molar-refractivity contribution in [1.29, 1.82) is 0 Å². The maximum Gasteiger partial charge on any atom is 0.0452 e. The molecule has 0 aliphatic heterocycles. The van der Waals surface area contributed by atoms with Crippen LogP contribution >= 0.6 is 45.3 Å². The Balaban J connectivity index is 1.09. The number of thiophene rings is 4. The van der Waals surface area contributed by atoms with Crippen molar-refractivity contribution in [2.45, 2.75) is 12.8 Å². The molecule has 0 saturated heterocycles. The van der Waals surface area contributed by atoms with Crippen LogP contribution in [0.1, 0.15) is 22.3 Å². The van der Waals surface area contributed by atoms with Gasteiger partial charge in [0.15, 0.2) is 0 Å². The fourth-order valence-electron chi connectivity index (χ4n) is 5.23. The average Bonchev–Trinajstić information content (AvgIpc) is 3.66. The lowest BCUT2D eigenvalue weighted by molar-refractivity contribution is 1.27. The number of benzene rings is 2. The van der Waals surface area contributed by atoms with Crippen LogP contribution in [-0.2, 0) is 12.8 Å². The Labute approximate surface area is 214 Å². The lowest BCUT2D eigenvalue weighted by Gasteiger charge is -1.98. The third kappa shape index (κ3) is 2.93. The summed E-state index contributed by atoms with van der Waals surface area (Å²) >= 11 is 7.75. The second-order valence-corrected chi connectivity index (χ2v) is 13.2. The van der Waals surface area contributed by atoms with Crippen LogP contribution in [0.5, 0.6) is 0 Å². The van der Waals surface area contributed by atoms with E-state index in [4.69, 9.17) is 0 Å². The number of hydrogen-bond acceptors (Lipinski definition) is 4. The molecule has 0 radical (unpaired) electrons. The van der Waals surface area contributed by atoms with Crippen LogP contribution in [-0.4, -0.2) is 0 Å². The van der Waals surface area contributed by atoms with Crippen molar-refractivity contribution in [3.05, 3.63) is 107 Å². The van der Waals surface area contributed by atoms with Gasteiger partial charge in [-0.3, -0.25) is 0 Å². The van der Waals surface area contributed by atoms with Crippen LogP contribution in [0.25, 0.3) is 50.1 Å². The van der Waals surface area contributed by atoms with Gasteiger partial charge in [-0.25, -0.2) is 0 Å². The third-order valence-electron chi connectivity index (χ3n) is 6.84. The fraction of sp³-hybridized carbons (Fsp3) is 0.0667. The monoisotopic (exact) mass is 506 g/mol. The van der Waals surface area contributed by atoms with Gasteiger partial charge in [-0.05, 0) is 82.6 Å². The second-order valence-electron chi connectivity index (χ2n) is 8.93. The molecule has 0 N–H and O–H groups in total. The summed E-state index contributed by atoms with van der Waals surface area (Å²) in [6.45, 7) is 0. The van der Waals surface area contributed by atoms with Crippen molar-refractivity contribution in [1.82, 2.24) is 0 Å². The zero-order valence-electron chi connectivity index (χ0n) is 18.1. The number of fused-ring (bicyclic) bond motifs is 6. The Morgan fingerprint density at radius 2 is 0.794 bits per heavy atom. The van der Waals surface area contributed by atoms with Crippen LogP contribution in [0.2, 0.25) is 0 Å². The summed E-state index contributed by atoms with van der Waals surface area (Å²) in [5.41, 5.74) is 8.77. The van der Waals surface area contributed by atoms with E-state index >= 15 is 0 Å². The van der Waals surface area contributed by atoms with Gasteiger partial charge in [0, 0.05) is 39.0 Å². The zero-order chi connectivity index (χ0) is 22.2. The van der Waals surface area contributed by atoms with Crippen LogP contribution < -0.4 is 0 Å². The summed E-state index contributed by atoms with van der Waals surface area (Å²) in [6, 6.07) is 31.8. The smallest absolute Gasteiger partial charge is 0.0452 e. The van der Waals surface area contributed by atoms with E-state index < -0.39 is 0 Å². The standard InChI is InChI=1S/C30H18S4/c1-3-7-21-17(5-1)13-19-15-27(33-29(19)21)25-11-9-23(31-25)24-10-12-26(32-24)28-16-20-14-18-6-2-4-8-22(18)30(20)34-28/h1-12,15-16H,13-14H2. The molecule has 0 nitrogen and oxygen atoms in total. The van der Waals surface area contributed by atoms with Crippen molar-refractivity contribution in [3.63, 3.8) is 0 Å². The Bertz CT molecular complexity index is 1590. The van der Waals surface area contributed by atoms with Gasteiger partial charge in [0.25, 0.3) is 0 Å². The Morgan fingerprint density at radius 1 is 0.382 bits per heavy atom. The minimum Gasteiger partial charge on any atom is -0.134 e. The number of hydrogen-bond donors (Lipinski definition) is 0. The maximum absolute atomic E-state index is 2.42. The molecular weight excluding hydrogens is 489 g/mol. The molecule has 2 aliphatic rings.